The van der Waals surface area contributed by atoms with Gasteiger partial charge in [0.25, 0.3) is 0 Å². The van der Waals surface area contributed by atoms with E-state index < -0.39 is 0 Å². The van der Waals surface area contributed by atoms with Crippen LogP contribution >= 0.6 is 0 Å². The largest absolute Gasteiger partial charge is 0.389 e. The number of hydrogen-bond acceptors (Lipinski definition) is 2. The number of nitrogens with one attached hydrogen (secondary N) is 1. The standard InChI is InChI=1S/C16H17NO/c1-11-14(9-10-16(11)18)17-15-8-4-6-12-5-2-3-7-13(12)15/h2-8,16-18H,9-10H2,1H3. The maximum Gasteiger partial charge on any atom is 0.0770 e. The summed E-state index contributed by atoms with van der Waals surface area (Å²) in [5.74, 6) is 0. The molecule has 18 heavy (non-hydrogen) atoms. The Labute approximate surface area is 107 Å². The lowest BCUT2D eigenvalue weighted by atomic mass is 10.1. The predicted octanol–water partition coefficient (Wildman–Crippen LogP) is 3.68. The number of hydrogen-bond donors (Lipinski definition) is 2. The van der Waals surface area contributed by atoms with Gasteiger partial charge in [0.1, 0.15) is 0 Å². The van der Waals surface area contributed by atoms with E-state index >= 15 is 0 Å². The number of benzene rings is 2. The van der Waals surface area contributed by atoms with E-state index in [4.69, 9.17) is 0 Å². The molecule has 92 valence electrons. The highest BCUT2D eigenvalue weighted by Gasteiger charge is 2.20. The van der Waals surface area contributed by atoms with Gasteiger partial charge >= 0.3 is 0 Å². The Morgan fingerprint density at radius 3 is 2.67 bits per heavy atom. The zero-order valence-electron chi connectivity index (χ0n) is 10.5. The second kappa shape index (κ2) is 4.46. The minimum atomic E-state index is -0.275. The van der Waals surface area contributed by atoms with E-state index in [1.807, 2.05) is 6.92 Å². The second-order valence-corrected chi connectivity index (χ2v) is 4.87. The average molecular weight is 239 g/mol. The summed E-state index contributed by atoms with van der Waals surface area (Å²) in [6, 6.07) is 14.6. The van der Waals surface area contributed by atoms with E-state index in [2.05, 4.69) is 47.8 Å². The highest BCUT2D eigenvalue weighted by atomic mass is 16.3. The van der Waals surface area contributed by atoms with Crippen LogP contribution in [0.4, 0.5) is 5.69 Å². The Morgan fingerprint density at radius 2 is 1.89 bits per heavy atom. The lowest BCUT2D eigenvalue weighted by Crippen LogP contribution is -2.03. The normalized spacial score (nSPS) is 19.6. The predicted molar refractivity (Wildman–Crippen MR) is 75.5 cm³/mol. The van der Waals surface area contributed by atoms with Gasteiger partial charge in [0.2, 0.25) is 0 Å². The smallest absolute Gasteiger partial charge is 0.0770 e. The highest BCUT2D eigenvalue weighted by molar-refractivity contribution is 5.94. The summed E-state index contributed by atoms with van der Waals surface area (Å²) in [5.41, 5.74) is 3.36. The number of rotatable bonds is 2. The van der Waals surface area contributed by atoms with Crippen molar-refractivity contribution in [2.75, 3.05) is 5.32 Å². The van der Waals surface area contributed by atoms with E-state index in [-0.39, 0.29) is 6.10 Å². The third-order valence-electron chi connectivity index (χ3n) is 3.72. The molecule has 1 atom stereocenters. The summed E-state index contributed by atoms with van der Waals surface area (Å²) >= 11 is 0. The molecule has 0 fully saturated rings. The van der Waals surface area contributed by atoms with Crippen molar-refractivity contribution in [1.82, 2.24) is 0 Å². The molecule has 0 bridgehead atoms. The molecular weight excluding hydrogens is 222 g/mol. The minimum absolute atomic E-state index is 0.275. The van der Waals surface area contributed by atoms with Gasteiger partial charge in [0.15, 0.2) is 0 Å². The molecule has 2 heteroatoms. The fourth-order valence-electron chi connectivity index (χ4n) is 2.55. The number of allylic oxidation sites excluding steroid dienone is 1. The summed E-state index contributed by atoms with van der Waals surface area (Å²) < 4.78 is 0. The van der Waals surface area contributed by atoms with Gasteiger partial charge in [0, 0.05) is 16.8 Å². The van der Waals surface area contributed by atoms with Gasteiger partial charge in [0.05, 0.1) is 6.10 Å². The first kappa shape index (κ1) is 11.3. The molecule has 0 aromatic heterocycles. The highest BCUT2D eigenvalue weighted by Crippen LogP contribution is 2.30. The molecule has 0 aliphatic heterocycles. The molecule has 3 rings (SSSR count). The lowest BCUT2D eigenvalue weighted by molar-refractivity contribution is 0.212. The molecule has 0 amide bonds. The van der Waals surface area contributed by atoms with Crippen LogP contribution < -0.4 is 5.32 Å². The number of anilines is 1. The van der Waals surface area contributed by atoms with Gasteiger partial charge in [-0.05, 0) is 36.8 Å². The lowest BCUT2D eigenvalue weighted by Gasteiger charge is -2.12. The van der Waals surface area contributed by atoms with Crippen LogP contribution in [0.25, 0.3) is 10.8 Å². The van der Waals surface area contributed by atoms with Gasteiger partial charge < -0.3 is 10.4 Å². The molecule has 0 heterocycles. The summed E-state index contributed by atoms with van der Waals surface area (Å²) in [7, 11) is 0. The summed E-state index contributed by atoms with van der Waals surface area (Å²) in [4.78, 5) is 0. The minimum Gasteiger partial charge on any atom is -0.389 e. The Morgan fingerprint density at radius 1 is 1.11 bits per heavy atom. The van der Waals surface area contributed by atoms with Crippen LogP contribution in [0.5, 0.6) is 0 Å². The molecular formula is C16H17NO. The number of aliphatic hydroxyl groups excluding tert-OH is 1. The van der Waals surface area contributed by atoms with Crippen LogP contribution in [-0.2, 0) is 0 Å². The molecule has 2 aromatic rings. The summed E-state index contributed by atoms with van der Waals surface area (Å²) in [6.45, 7) is 2.01. The van der Waals surface area contributed by atoms with Crippen LogP contribution in [-0.4, -0.2) is 11.2 Å². The Kier molecular flexibility index (Phi) is 2.80. The van der Waals surface area contributed by atoms with Gasteiger partial charge in [-0.25, -0.2) is 0 Å². The van der Waals surface area contributed by atoms with Crippen molar-refractivity contribution in [3.05, 3.63) is 53.7 Å². The van der Waals surface area contributed by atoms with Gasteiger partial charge in [-0.15, -0.1) is 0 Å². The SMILES string of the molecule is CC1=C(Nc2cccc3ccccc23)CCC1O. The van der Waals surface area contributed by atoms with E-state index in [0.29, 0.717) is 0 Å². The first-order valence-corrected chi connectivity index (χ1v) is 6.38. The maximum absolute atomic E-state index is 9.76. The van der Waals surface area contributed by atoms with Gasteiger partial charge in [-0.1, -0.05) is 36.4 Å². The van der Waals surface area contributed by atoms with Crippen LogP contribution in [0.3, 0.4) is 0 Å². The maximum atomic E-state index is 9.76. The molecule has 1 aliphatic carbocycles. The topological polar surface area (TPSA) is 32.3 Å². The summed E-state index contributed by atoms with van der Waals surface area (Å²) in [5, 5.41) is 15.7. The number of aliphatic hydroxyl groups is 1. The Balaban J connectivity index is 2.01. The van der Waals surface area contributed by atoms with E-state index in [9.17, 15) is 5.11 Å². The van der Waals surface area contributed by atoms with Crippen LogP contribution in [0.2, 0.25) is 0 Å². The van der Waals surface area contributed by atoms with Crippen molar-refractivity contribution in [1.29, 1.82) is 0 Å². The van der Waals surface area contributed by atoms with E-state index in [1.165, 1.54) is 16.5 Å². The average Bonchev–Trinajstić information content (AvgIpc) is 2.71. The second-order valence-electron chi connectivity index (χ2n) is 4.87. The van der Waals surface area contributed by atoms with Crippen LogP contribution in [0, 0.1) is 0 Å². The number of fused-ring (bicyclic) bond motifs is 1. The van der Waals surface area contributed by atoms with Crippen LogP contribution in [0.15, 0.2) is 53.7 Å². The molecule has 0 spiro atoms. The molecule has 1 unspecified atom stereocenters. The first-order chi connectivity index (χ1) is 8.75. The van der Waals surface area contributed by atoms with Crippen molar-refractivity contribution in [2.45, 2.75) is 25.9 Å². The van der Waals surface area contributed by atoms with E-state index in [1.54, 1.807) is 0 Å². The molecule has 0 saturated heterocycles. The quantitative estimate of drug-likeness (QED) is 0.838. The molecule has 0 radical (unpaired) electrons. The monoisotopic (exact) mass is 239 g/mol. The van der Waals surface area contributed by atoms with Crippen molar-refractivity contribution in [2.24, 2.45) is 0 Å². The zero-order chi connectivity index (χ0) is 12.5. The van der Waals surface area contributed by atoms with Crippen molar-refractivity contribution in [3.63, 3.8) is 0 Å². The van der Waals surface area contributed by atoms with Crippen molar-refractivity contribution >= 4 is 16.5 Å². The Bertz CT molecular complexity index is 610. The van der Waals surface area contributed by atoms with Gasteiger partial charge in [-0.3, -0.25) is 0 Å². The fraction of sp³-hybridized carbons (Fsp3) is 0.250. The molecule has 0 saturated carbocycles. The molecule has 2 N–H and O–H groups in total. The third-order valence-corrected chi connectivity index (χ3v) is 3.72. The van der Waals surface area contributed by atoms with Crippen LogP contribution in [0.1, 0.15) is 19.8 Å². The molecule has 2 nitrogen and oxygen atoms in total. The third kappa shape index (κ3) is 1.89. The molecule has 2 aromatic carbocycles. The molecule has 1 aliphatic rings. The van der Waals surface area contributed by atoms with Gasteiger partial charge in [-0.2, -0.15) is 0 Å². The fourth-order valence-corrected chi connectivity index (χ4v) is 2.55. The Hall–Kier alpha value is -1.80. The van der Waals surface area contributed by atoms with E-state index in [0.717, 1.165) is 24.1 Å². The van der Waals surface area contributed by atoms with Crippen molar-refractivity contribution < 1.29 is 5.11 Å². The van der Waals surface area contributed by atoms with Crippen molar-refractivity contribution in [3.8, 4) is 0 Å². The summed E-state index contributed by atoms with van der Waals surface area (Å²) in [6.07, 6.45) is 1.48. The first-order valence-electron chi connectivity index (χ1n) is 6.38. The zero-order valence-corrected chi connectivity index (χ0v) is 10.5.